The van der Waals surface area contributed by atoms with Crippen LogP contribution in [0.5, 0.6) is 0 Å². The van der Waals surface area contributed by atoms with E-state index in [2.05, 4.69) is 36.3 Å². The normalized spacial score (nSPS) is 24.5. The number of amides is 1. The van der Waals surface area contributed by atoms with Crippen LogP contribution < -0.4 is 5.43 Å². The van der Waals surface area contributed by atoms with Gasteiger partial charge in [0.2, 0.25) is 5.91 Å². The second-order valence-electron chi connectivity index (χ2n) is 6.43. The Balaban J connectivity index is 1.95. The Hall–Kier alpha value is -1.23. The van der Waals surface area contributed by atoms with E-state index in [0.717, 1.165) is 22.8 Å². The van der Waals surface area contributed by atoms with Crippen LogP contribution in [0.1, 0.15) is 50.7 Å². The lowest BCUT2D eigenvalue weighted by Crippen LogP contribution is -2.31. The van der Waals surface area contributed by atoms with Crippen LogP contribution >= 0.6 is 11.3 Å². The van der Waals surface area contributed by atoms with Crippen molar-refractivity contribution in [3.05, 3.63) is 16.1 Å². The zero-order valence-electron chi connectivity index (χ0n) is 13.3. The second kappa shape index (κ2) is 7.16. The number of hydrogen-bond donors (Lipinski definition) is 1. The van der Waals surface area contributed by atoms with Crippen molar-refractivity contribution in [1.29, 1.82) is 0 Å². The summed E-state index contributed by atoms with van der Waals surface area (Å²) in [6.07, 6.45) is 3.75. The van der Waals surface area contributed by atoms with Crippen molar-refractivity contribution in [2.45, 2.75) is 53.4 Å². The molecule has 1 aliphatic carbocycles. The van der Waals surface area contributed by atoms with Crippen molar-refractivity contribution < 1.29 is 4.79 Å². The molecule has 5 heteroatoms. The molecule has 0 aliphatic heterocycles. The standard InChI is InChI=1S/C16H25N3OS/c1-10(2)13-6-5-11(3)7-14(13)18-19-15(20)8-16-17-12(4)9-21-16/h9-11,13H,5-8H2,1-4H3,(H,19,20)/t11-,13+/m1/s1. The van der Waals surface area contributed by atoms with Crippen LogP contribution in [0.3, 0.4) is 0 Å². The number of carbonyl (C=O) groups is 1. The van der Waals surface area contributed by atoms with Crippen LogP contribution in [0, 0.1) is 24.7 Å². The van der Waals surface area contributed by atoms with Gasteiger partial charge in [-0.3, -0.25) is 4.79 Å². The number of nitrogens with one attached hydrogen (secondary N) is 1. The lowest BCUT2D eigenvalue weighted by molar-refractivity contribution is -0.120. The first-order valence-corrected chi connectivity index (χ1v) is 8.60. The summed E-state index contributed by atoms with van der Waals surface area (Å²) in [5.41, 5.74) is 4.86. The number of thiazole rings is 1. The molecule has 1 amide bonds. The number of hydrogen-bond acceptors (Lipinski definition) is 4. The van der Waals surface area contributed by atoms with E-state index in [-0.39, 0.29) is 5.91 Å². The summed E-state index contributed by atoms with van der Waals surface area (Å²) in [5, 5.41) is 7.25. The molecule has 0 radical (unpaired) electrons. The van der Waals surface area contributed by atoms with E-state index in [0.29, 0.717) is 24.2 Å². The summed E-state index contributed by atoms with van der Waals surface area (Å²) in [5.74, 6) is 1.67. The van der Waals surface area contributed by atoms with Crippen LogP contribution in [-0.2, 0) is 11.2 Å². The Kier molecular flexibility index (Phi) is 5.51. The van der Waals surface area contributed by atoms with E-state index in [1.165, 1.54) is 24.2 Å². The van der Waals surface area contributed by atoms with Crippen LogP contribution in [0.4, 0.5) is 0 Å². The number of rotatable bonds is 4. The molecule has 2 atom stereocenters. The fraction of sp³-hybridized carbons (Fsp3) is 0.688. The maximum Gasteiger partial charge on any atom is 0.246 e. The average Bonchev–Trinajstić information content (AvgIpc) is 2.81. The van der Waals surface area contributed by atoms with Crippen LogP contribution in [0.2, 0.25) is 0 Å². The molecule has 21 heavy (non-hydrogen) atoms. The maximum atomic E-state index is 12.0. The third-order valence-electron chi connectivity index (χ3n) is 4.06. The Morgan fingerprint density at radius 1 is 1.52 bits per heavy atom. The number of aromatic nitrogens is 1. The van der Waals surface area contributed by atoms with Crippen molar-refractivity contribution in [2.75, 3.05) is 0 Å². The summed E-state index contributed by atoms with van der Waals surface area (Å²) in [6.45, 7) is 8.66. The molecular weight excluding hydrogens is 282 g/mol. The zero-order chi connectivity index (χ0) is 15.4. The number of aryl methyl sites for hydroxylation is 1. The lowest BCUT2D eigenvalue weighted by Gasteiger charge is -2.30. The largest absolute Gasteiger partial charge is 0.273 e. The molecule has 2 rings (SSSR count). The van der Waals surface area contributed by atoms with Crippen LogP contribution in [0.25, 0.3) is 0 Å². The fourth-order valence-electron chi connectivity index (χ4n) is 2.88. The van der Waals surface area contributed by atoms with Gasteiger partial charge in [0.05, 0.1) is 6.42 Å². The molecule has 1 heterocycles. The Morgan fingerprint density at radius 3 is 2.90 bits per heavy atom. The van der Waals surface area contributed by atoms with Gasteiger partial charge in [0.1, 0.15) is 5.01 Å². The molecule has 1 saturated carbocycles. The SMILES string of the molecule is Cc1csc(CC(=O)NN=C2C[C@H](C)CC[C@H]2C(C)C)n1. The molecule has 0 unspecified atom stereocenters. The molecule has 0 aromatic carbocycles. The molecule has 1 aromatic heterocycles. The van der Waals surface area contributed by atoms with E-state index in [1.54, 1.807) is 0 Å². The monoisotopic (exact) mass is 307 g/mol. The van der Waals surface area contributed by atoms with Gasteiger partial charge in [0, 0.05) is 22.7 Å². The first kappa shape index (κ1) is 16.1. The minimum Gasteiger partial charge on any atom is -0.273 e. The molecular formula is C16H25N3OS. The number of nitrogens with zero attached hydrogens (tertiary/aromatic N) is 2. The Morgan fingerprint density at radius 2 is 2.29 bits per heavy atom. The zero-order valence-corrected chi connectivity index (χ0v) is 14.2. The summed E-state index contributed by atoms with van der Waals surface area (Å²) in [7, 11) is 0. The average molecular weight is 307 g/mol. The molecule has 0 bridgehead atoms. The van der Waals surface area contributed by atoms with Gasteiger partial charge in [-0.1, -0.05) is 20.8 Å². The summed E-state index contributed by atoms with van der Waals surface area (Å²) >= 11 is 1.52. The first-order valence-electron chi connectivity index (χ1n) is 7.72. The van der Waals surface area contributed by atoms with Crippen LogP contribution in [0.15, 0.2) is 10.5 Å². The molecule has 1 fully saturated rings. The molecule has 1 aromatic rings. The second-order valence-corrected chi connectivity index (χ2v) is 7.38. The molecule has 116 valence electrons. The third-order valence-corrected chi connectivity index (χ3v) is 5.03. The predicted molar refractivity (Wildman–Crippen MR) is 87.5 cm³/mol. The van der Waals surface area contributed by atoms with Crippen molar-refractivity contribution >= 4 is 23.0 Å². The van der Waals surface area contributed by atoms with Gasteiger partial charge in [-0.2, -0.15) is 5.10 Å². The van der Waals surface area contributed by atoms with Gasteiger partial charge in [0.25, 0.3) is 0 Å². The molecule has 0 saturated heterocycles. The van der Waals surface area contributed by atoms with Gasteiger partial charge in [0.15, 0.2) is 0 Å². The van der Waals surface area contributed by atoms with E-state index in [9.17, 15) is 4.79 Å². The third kappa shape index (κ3) is 4.63. The fourth-order valence-corrected chi connectivity index (χ4v) is 3.65. The highest BCUT2D eigenvalue weighted by Gasteiger charge is 2.27. The van der Waals surface area contributed by atoms with Gasteiger partial charge in [-0.05, 0) is 38.0 Å². The molecule has 0 spiro atoms. The van der Waals surface area contributed by atoms with Crippen LogP contribution in [-0.4, -0.2) is 16.6 Å². The minimum absolute atomic E-state index is 0.0717. The van der Waals surface area contributed by atoms with Gasteiger partial charge in [-0.25, -0.2) is 10.4 Å². The van der Waals surface area contributed by atoms with Crippen molar-refractivity contribution in [3.8, 4) is 0 Å². The van der Waals surface area contributed by atoms with Crippen molar-refractivity contribution in [2.24, 2.45) is 22.9 Å². The lowest BCUT2D eigenvalue weighted by atomic mass is 9.76. The molecule has 1 N–H and O–H groups in total. The van der Waals surface area contributed by atoms with Gasteiger partial charge < -0.3 is 0 Å². The highest BCUT2D eigenvalue weighted by Crippen LogP contribution is 2.31. The van der Waals surface area contributed by atoms with Gasteiger partial charge in [-0.15, -0.1) is 11.3 Å². The van der Waals surface area contributed by atoms with E-state index >= 15 is 0 Å². The minimum atomic E-state index is -0.0717. The molecule has 4 nitrogen and oxygen atoms in total. The summed E-state index contributed by atoms with van der Waals surface area (Å²) < 4.78 is 0. The number of hydrazone groups is 1. The summed E-state index contributed by atoms with van der Waals surface area (Å²) in [6, 6.07) is 0. The highest BCUT2D eigenvalue weighted by atomic mass is 32.1. The topological polar surface area (TPSA) is 54.4 Å². The van der Waals surface area contributed by atoms with E-state index in [4.69, 9.17) is 0 Å². The maximum absolute atomic E-state index is 12.0. The Labute approximate surface area is 131 Å². The molecule has 1 aliphatic rings. The predicted octanol–water partition coefficient (Wildman–Crippen LogP) is 3.56. The highest BCUT2D eigenvalue weighted by molar-refractivity contribution is 7.09. The van der Waals surface area contributed by atoms with Crippen molar-refractivity contribution in [1.82, 2.24) is 10.4 Å². The van der Waals surface area contributed by atoms with E-state index < -0.39 is 0 Å². The quantitative estimate of drug-likeness (QED) is 0.865. The first-order chi connectivity index (χ1) is 9.95. The smallest absolute Gasteiger partial charge is 0.246 e. The van der Waals surface area contributed by atoms with Gasteiger partial charge >= 0.3 is 0 Å². The number of carbonyl (C=O) groups excluding carboxylic acids is 1. The Bertz CT molecular complexity index is 521. The van der Waals surface area contributed by atoms with Crippen molar-refractivity contribution in [3.63, 3.8) is 0 Å². The van der Waals surface area contributed by atoms with E-state index in [1.807, 2.05) is 12.3 Å². The summed E-state index contributed by atoms with van der Waals surface area (Å²) in [4.78, 5) is 16.3.